The van der Waals surface area contributed by atoms with Crippen molar-refractivity contribution in [3.63, 3.8) is 0 Å². The molecule has 1 heterocycles. The van der Waals surface area contributed by atoms with Crippen molar-refractivity contribution in [3.05, 3.63) is 62.9 Å². The molecule has 2 aromatic carbocycles. The molecule has 0 bridgehead atoms. The van der Waals surface area contributed by atoms with Crippen molar-refractivity contribution in [2.24, 2.45) is 0 Å². The quantitative estimate of drug-likeness (QED) is 0.384. The van der Waals surface area contributed by atoms with Gasteiger partial charge in [0, 0.05) is 28.6 Å². The van der Waals surface area contributed by atoms with Gasteiger partial charge in [-0.05, 0) is 62.2 Å². The summed E-state index contributed by atoms with van der Waals surface area (Å²) in [5.41, 5.74) is 1.72. The summed E-state index contributed by atoms with van der Waals surface area (Å²) >= 11 is 18.2. The van der Waals surface area contributed by atoms with Crippen LogP contribution in [0.4, 0.5) is 0 Å². The van der Waals surface area contributed by atoms with E-state index in [4.69, 9.17) is 39.5 Å². The van der Waals surface area contributed by atoms with E-state index in [2.05, 4.69) is 10.1 Å². The maximum absolute atomic E-state index is 12.6. The molecule has 1 aromatic heterocycles. The number of hydrogen-bond donors (Lipinski definition) is 0. The van der Waals surface area contributed by atoms with Crippen molar-refractivity contribution in [3.8, 4) is 17.1 Å². The van der Waals surface area contributed by atoms with Crippen LogP contribution in [0.3, 0.4) is 0 Å². The van der Waals surface area contributed by atoms with Crippen LogP contribution >= 0.6 is 34.8 Å². The van der Waals surface area contributed by atoms with Gasteiger partial charge in [-0.25, -0.2) is 9.67 Å². The monoisotopic (exact) mass is 465 g/mol. The van der Waals surface area contributed by atoms with E-state index in [0.717, 1.165) is 11.1 Å². The fraction of sp³-hybridized carbons (Fsp3) is 0.318. The number of Topliss-reactive ketones (excluding diaryl/α,β-unsaturated/α-hetero) is 1. The second-order valence-electron chi connectivity index (χ2n) is 6.74. The van der Waals surface area contributed by atoms with Gasteiger partial charge in [0.15, 0.2) is 5.82 Å². The van der Waals surface area contributed by atoms with Gasteiger partial charge in [-0.1, -0.05) is 34.8 Å². The maximum atomic E-state index is 12.6. The van der Waals surface area contributed by atoms with Gasteiger partial charge in [-0.15, -0.1) is 0 Å². The van der Waals surface area contributed by atoms with Crippen LogP contribution in [-0.4, -0.2) is 27.2 Å². The van der Waals surface area contributed by atoms with Crippen LogP contribution in [0.1, 0.15) is 31.7 Å². The van der Waals surface area contributed by atoms with Gasteiger partial charge < -0.3 is 4.74 Å². The summed E-state index contributed by atoms with van der Waals surface area (Å²) in [5.74, 6) is 1.83. The number of aromatic nitrogens is 3. The van der Waals surface area contributed by atoms with Crippen LogP contribution in [0.5, 0.6) is 5.75 Å². The molecule has 158 valence electrons. The van der Waals surface area contributed by atoms with E-state index < -0.39 is 0 Å². The Balaban J connectivity index is 1.73. The molecule has 0 atom stereocenters. The Bertz CT molecular complexity index is 1030. The standard InChI is InChI=1S/C22H22Cl3N3O2/c1-3-28-21(13-18(29)7-5-14-9-16(23)12-17(24)10-14)26-22(27-28)15-6-8-19(25)20(11-15)30-4-2/h6,8-12H,3-5,7,13H2,1-2H3. The van der Waals surface area contributed by atoms with Crippen molar-refractivity contribution in [1.82, 2.24) is 14.8 Å². The van der Waals surface area contributed by atoms with E-state index >= 15 is 0 Å². The van der Waals surface area contributed by atoms with E-state index in [1.807, 2.05) is 38.1 Å². The summed E-state index contributed by atoms with van der Waals surface area (Å²) < 4.78 is 7.30. The fourth-order valence-electron chi connectivity index (χ4n) is 3.09. The van der Waals surface area contributed by atoms with Crippen molar-refractivity contribution in [2.45, 2.75) is 39.7 Å². The van der Waals surface area contributed by atoms with Gasteiger partial charge in [-0.3, -0.25) is 4.79 Å². The molecule has 0 aliphatic carbocycles. The molecule has 0 N–H and O–H groups in total. The number of ether oxygens (including phenoxy) is 1. The van der Waals surface area contributed by atoms with E-state index in [0.29, 0.717) is 58.5 Å². The average Bonchev–Trinajstić information content (AvgIpc) is 3.10. The molecule has 0 fully saturated rings. The van der Waals surface area contributed by atoms with Gasteiger partial charge in [0.2, 0.25) is 0 Å². The van der Waals surface area contributed by atoms with E-state index in [-0.39, 0.29) is 12.2 Å². The molecule has 0 radical (unpaired) electrons. The first-order valence-electron chi connectivity index (χ1n) is 9.72. The highest BCUT2D eigenvalue weighted by Gasteiger charge is 2.16. The summed E-state index contributed by atoms with van der Waals surface area (Å²) in [4.78, 5) is 17.2. The lowest BCUT2D eigenvalue weighted by molar-refractivity contribution is -0.118. The molecule has 0 saturated heterocycles. The third kappa shape index (κ3) is 5.75. The second-order valence-corrected chi connectivity index (χ2v) is 8.02. The number of carbonyl (C=O) groups is 1. The smallest absolute Gasteiger partial charge is 0.181 e. The Morgan fingerprint density at radius 1 is 1.07 bits per heavy atom. The highest BCUT2D eigenvalue weighted by molar-refractivity contribution is 6.34. The topological polar surface area (TPSA) is 57.0 Å². The van der Waals surface area contributed by atoms with Crippen molar-refractivity contribution < 1.29 is 9.53 Å². The lowest BCUT2D eigenvalue weighted by Crippen LogP contribution is -2.11. The number of rotatable bonds is 9. The van der Waals surface area contributed by atoms with Crippen LogP contribution < -0.4 is 4.74 Å². The molecule has 0 unspecified atom stereocenters. The van der Waals surface area contributed by atoms with E-state index in [1.165, 1.54) is 0 Å². The summed E-state index contributed by atoms with van der Waals surface area (Å²) in [5, 5.41) is 6.21. The predicted octanol–water partition coefficient (Wildman–Crippen LogP) is 6.07. The zero-order valence-electron chi connectivity index (χ0n) is 16.8. The first-order valence-corrected chi connectivity index (χ1v) is 10.9. The number of carbonyl (C=O) groups excluding carboxylic acids is 1. The summed E-state index contributed by atoms with van der Waals surface area (Å²) in [6.07, 6.45) is 1.15. The van der Waals surface area contributed by atoms with Crippen molar-refractivity contribution >= 4 is 40.6 Å². The maximum Gasteiger partial charge on any atom is 0.181 e. The van der Waals surface area contributed by atoms with Crippen LogP contribution in [0.15, 0.2) is 36.4 Å². The van der Waals surface area contributed by atoms with Gasteiger partial charge in [-0.2, -0.15) is 5.10 Å². The Kier molecular flexibility index (Phi) is 7.75. The highest BCUT2D eigenvalue weighted by Crippen LogP contribution is 2.29. The van der Waals surface area contributed by atoms with E-state index in [9.17, 15) is 4.79 Å². The molecule has 0 aliphatic heterocycles. The Morgan fingerprint density at radius 3 is 2.47 bits per heavy atom. The SMILES string of the molecule is CCOc1cc(-c2nc(CC(=O)CCc3cc(Cl)cc(Cl)c3)n(CC)n2)ccc1Cl. The fourth-order valence-corrected chi connectivity index (χ4v) is 3.84. The molecular weight excluding hydrogens is 445 g/mol. The third-order valence-corrected chi connectivity index (χ3v) is 5.26. The number of ketones is 1. The van der Waals surface area contributed by atoms with E-state index in [1.54, 1.807) is 16.8 Å². The average molecular weight is 467 g/mol. The molecule has 0 spiro atoms. The number of nitrogens with zero attached hydrogens (tertiary/aromatic N) is 3. The first-order chi connectivity index (χ1) is 14.4. The summed E-state index contributed by atoms with van der Waals surface area (Å²) in [6, 6.07) is 10.7. The lowest BCUT2D eigenvalue weighted by atomic mass is 10.1. The lowest BCUT2D eigenvalue weighted by Gasteiger charge is -2.06. The van der Waals surface area contributed by atoms with Crippen LogP contribution in [0.2, 0.25) is 15.1 Å². The number of benzene rings is 2. The zero-order valence-corrected chi connectivity index (χ0v) is 19.1. The molecule has 0 amide bonds. The first kappa shape index (κ1) is 22.6. The molecular formula is C22H22Cl3N3O2. The number of aryl methyl sites for hydroxylation is 2. The molecule has 8 heteroatoms. The molecule has 30 heavy (non-hydrogen) atoms. The zero-order chi connectivity index (χ0) is 21.7. The van der Waals surface area contributed by atoms with Crippen molar-refractivity contribution in [1.29, 1.82) is 0 Å². The van der Waals surface area contributed by atoms with Crippen molar-refractivity contribution in [2.75, 3.05) is 6.61 Å². The summed E-state index contributed by atoms with van der Waals surface area (Å²) in [6.45, 7) is 4.99. The van der Waals surface area contributed by atoms with Crippen LogP contribution in [0, 0.1) is 0 Å². The Morgan fingerprint density at radius 2 is 1.80 bits per heavy atom. The third-order valence-electron chi connectivity index (χ3n) is 4.51. The Hall–Kier alpha value is -2.08. The van der Waals surface area contributed by atoms with Gasteiger partial charge in [0.1, 0.15) is 17.4 Å². The molecule has 3 rings (SSSR count). The number of hydrogen-bond acceptors (Lipinski definition) is 4. The normalized spacial score (nSPS) is 11.0. The summed E-state index contributed by atoms with van der Waals surface area (Å²) in [7, 11) is 0. The van der Waals surface area contributed by atoms with Crippen LogP contribution in [0.25, 0.3) is 11.4 Å². The Labute approximate surface area is 190 Å². The number of halogens is 3. The minimum Gasteiger partial charge on any atom is -0.492 e. The molecule has 0 aliphatic rings. The minimum atomic E-state index is 0.0749. The molecule has 3 aromatic rings. The largest absolute Gasteiger partial charge is 0.492 e. The van der Waals surface area contributed by atoms with Gasteiger partial charge >= 0.3 is 0 Å². The highest BCUT2D eigenvalue weighted by atomic mass is 35.5. The predicted molar refractivity (Wildman–Crippen MR) is 121 cm³/mol. The van der Waals surface area contributed by atoms with Gasteiger partial charge in [0.05, 0.1) is 18.1 Å². The molecule has 0 saturated carbocycles. The van der Waals surface area contributed by atoms with Gasteiger partial charge in [0.25, 0.3) is 0 Å². The van der Waals surface area contributed by atoms with Crippen LogP contribution in [-0.2, 0) is 24.2 Å². The second kappa shape index (κ2) is 10.3. The molecule has 5 nitrogen and oxygen atoms in total. The minimum absolute atomic E-state index is 0.0749.